The van der Waals surface area contributed by atoms with Gasteiger partial charge in [0.15, 0.2) is 0 Å². The second-order valence-electron chi connectivity index (χ2n) is 10.4. The van der Waals surface area contributed by atoms with Crippen LogP contribution in [0.15, 0.2) is 30.5 Å². The number of amides is 1. The molecule has 36 heavy (non-hydrogen) atoms. The number of nitrogens with zero attached hydrogens (tertiary/aromatic N) is 5. The smallest absolute Gasteiger partial charge is 0.225 e. The van der Waals surface area contributed by atoms with Crippen LogP contribution in [0.3, 0.4) is 0 Å². The van der Waals surface area contributed by atoms with Crippen LogP contribution >= 0.6 is 0 Å². The number of benzene rings is 1. The number of piperazine rings is 2. The van der Waals surface area contributed by atoms with Gasteiger partial charge in [0.05, 0.1) is 12.8 Å². The monoisotopic (exact) mass is 487 g/mol. The van der Waals surface area contributed by atoms with Crippen molar-refractivity contribution >= 4 is 28.9 Å². The lowest BCUT2D eigenvalue weighted by molar-refractivity contribution is -0.132. The van der Waals surface area contributed by atoms with Crippen LogP contribution in [-0.4, -0.2) is 86.7 Å². The number of aromatic nitrogens is 1. The molecular formula is C29H37N5O2. The zero-order chi connectivity index (χ0) is 24.6. The molecule has 2 aliphatic heterocycles. The molecule has 2 aromatic rings. The van der Waals surface area contributed by atoms with Crippen LogP contribution in [0.4, 0.5) is 11.4 Å². The molecule has 0 spiro atoms. The van der Waals surface area contributed by atoms with E-state index in [2.05, 4.69) is 56.9 Å². The van der Waals surface area contributed by atoms with Gasteiger partial charge in [0.2, 0.25) is 5.91 Å². The van der Waals surface area contributed by atoms with Crippen LogP contribution in [0.1, 0.15) is 36.6 Å². The molecule has 0 atom stereocenters. The average molecular weight is 488 g/mol. The van der Waals surface area contributed by atoms with Crippen LogP contribution in [0, 0.1) is 5.92 Å². The number of anilines is 2. The molecule has 190 valence electrons. The molecule has 0 bridgehead atoms. The van der Waals surface area contributed by atoms with Gasteiger partial charge < -0.3 is 24.3 Å². The number of methoxy groups -OCH3 is 1. The molecular weight excluding hydrogens is 450 g/mol. The standard InChI is InChI=1S/C29H37N5O2/c1-3-31-10-12-32(13-11-31)23-6-7-24(28(20-23)36-2)22-18-25-26(19-22)30-9-8-27(25)33-14-16-34(17-15-33)29(35)21-4-5-21/h6-9,18,20-21H,3-5,10-17,19H2,1-2H3. The summed E-state index contributed by atoms with van der Waals surface area (Å²) in [5.74, 6) is 1.59. The first-order valence-corrected chi connectivity index (χ1v) is 13.5. The molecule has 0 N–H and O–H groups in total. The second-order valence-corrected chi connectivity index (χ2v) is 10.4. The minimum Gasteiger partial charge on any atom is -0.496 e. The van der Waals surface area contributed by atoms with E-state index in [0.29, 0.717) is 11.8 Å². The number of ether oxygens (including phenoxy) is 1. The van der Waals surface area contributed by atoms with Gasteiger partial charge >= 0.3 is 0 Å². The first-order chi connectivity index (χ1) is 17.6. The molecule has 2 saturated heterocycles. The zero-order valence-corrected chi connectivity index (χ0v) is 21.6. The summed E-state index contributed by atoms with van der Waals surface area (Å²) in [4.78, 5) is 26.6. The number of rotatable bonds is 6. The van der Waals surface area contributed by atoms with Crippen LogP contribution in [0.5, 0.6) is 5.75 Å². The van der Waals surface area contributed by atoms with Gasteiger partial charge in [0.1, 0.15) is 5.75 Å². The summed E-state index contributed by atoms with van der Waals surface area (Å²) >= 11 is 0. The Kier molecular flexibility index (Phi) is 6.34. The van der Waals surface area contributed by atoms with Crippen molar-refractivity contribution in [1.82, 2.24) is 14.8 Å². The number of likely N-dealkylation sites (N-methyl/N-ethyl adjacent to an activating group) is 1. The summed E-state index contributed by atoms with van der Waals surface area (Å²) in [6.45, 7) is 11.1. The summed E-state index contributed by atoms with van der Waals surface area (Å²) in [5.41, 5.74) is 7.22. The maximum absolute atomic E-state index is 12.5. The summed E-state index contributed by atoms with van der Waals surface area (Å²) < 4.78 is 5.89. The molecule has 1 amide bonds. The predicted octanol–water partition coefficient (Wildman–Crippen LogP) is 3.39. The Balaban J connectivity index is 1.20. The molecule has 4 aliphatic rings. The molecule has 0 unspecified atom stereocenters. The first-order valence-electron chi connectivity index (χ1n) is 13.5. The molecule has 0 radical (unpaired) electrons. The van der Waals surface area contributed by atoms with E-state index in [1.54, 1.807) is 7.11 Å². The topological polar surface area (TPSA) is 52.2 Å². The Morgan fingerprint density at radius 1 is 1.00 bits per heavy atom. The third-order valence-electron chi connectivity index (χ3n) is 8.30. The van der Waals surface area contributed by atoms with Crippen molar-refractivity contribution in [3.63, 3.8) is 0 Å². The quantitative estimate of drug-likeness (QED) is 0.623. The van der Waals surface area contributed by atoms with E-state index in [1.807, 2.05) is 6.20 Å². The fraction of sp³-hybridized carbons (Fsp3) is 0.517. The summed E-state index contributed by atoms with van der Waals surface area (Å²) in [6.07, 6.45) is 7.20. The lowest BCUT2D eigenvalue weighted by Crippen LogP contribution is -2.49. The second kappa shape index (κ2) is 9.77. The molecule has 1 aromatic heterocycles. The molecule has 2 aliphatic carbocycles. The highest BCUT2D eigenvalue weighted by Crippen LogP contribution is 2.40. The van der Waals surface area contributed by atoms with E-state index in [0.717, 1.165) is 95.2 Å². The van der Waals surface area contributed by atoms with Gasteiger partial charge in [0, 0.05) is 99.5 Å². The van der Waals surface area contributed by atoms with Crippen LogP contribution in [0.25, 0.3) is 11.6 Å². The van der Waals surface area contributed by atoms with E-state index >= 15 is 0 Å². The SMILES string of the molecule is CCN1CCN(c2ccc(C3=Cc4c(N5CCN(C(=O)C6CC6)CC5)ccnc4C3)c(OC)c2)CC1. The minimum absolute atomic E-state index is 0.300. The largest absolute Gasteiger partial charge is 0.496 e. The van der Waals surface area contributed by atoms with Crippen LogP contribution in [-0.2, 0) is 11.2 Å². The van der Waals surface area contributed by atoms with Crippen molar-refractivity contribution in [3.8, 4) is 5.75 Å². The Labute approximate surface area is 214 Å². The van der Waals surface area contributed by atoms with Crippen molar-refractivity contribution in [3.05, 3.63) is 47.3 Å². The fourth-order valence-corrected chi connectivity index (χ4v) is 5.88. The Hall–Kier alpha value is -3.06. The molecule has 7 nitrogen and oxygen atoms in total. The Bertz CT molecular complexity index is 1160. The van der Waals surface area contributed by atoms with Gasteiger partial charge in [-0.15, -0.1) is 0 Å². The summed E-state index contributed by atoms with van der Waals surface area (Å²) in [6, 6.07) is 8.80. The number of hydrogen-bond donors (Lipinski definition) is 0. The van der Waals surface area contributed by atoms with Gasteiger partial charge in [0.25, 0.3) is 0 Å². The highest BCUT2D eigenvalue weighted by molar-refractivity contribution is 5.93. The van der Waals surface area contributed by atoms with E-state index in [9.17, 15) is 4.79 Å². The highest BCUT2D eigenvalue weighted by Gasteiger charge is 2.35. The van der Waals surface area contributed by atoms with E-state index in [4.69, 9.17) is 9.72 Å². The van der Waals surface area contributed by atoms with Gasteiger partial charge in [-0.3, -0.25) is 9.78 Å². The summed E-state index contributed by atoms with van der Waals surface area (Å²) in [7, 11) is 1.77. The normalized spacial score (nSPS) is 20.4. The van der Waals surface area contributed by atoms with E-state index < -0.39 is 0 Å². The Morgan fingerprint density at radius 3 is 2.44 bits per heavy atom. The van der Waals surface area contributed by atoms with Gasteiger partial charge in [-0.25, -0.2) is 0 Å². The molecule has 3 heterocycles. The van der Waals surface area contributed by atoms with Crippen molar-refractivity contribution in [2.75, 3.05) is 75.8 Å². The molecule has 1 aromatic carbocycles. The van der Waals surface area contributed by atoms with Gasteiger partial charge in [-0.1, -0.05) is 6.92 Å². The molecule has 6 rings (SSSR count). The zero-order valence-electron chi connectivity index (χ0n) is 21.6. The van der Waals surface area contributed by atoms with Gasteiger partial charge in [-0.05, 0) is 49.2 Å². The molecule has 7 heteroatoms. The van der Waals surface area contributed by atoms with Gasteiger partial charge in [-0.2, -0.15) is 0 Å². The average Bonchev–Trinajstić information content (AvgIpc) is 3.70. The van der Waals surface area contributed by atoms with Crippen molar-refractivity contribution in [2.24, 2.45) is 5.92 Å². The third-order valence-corrected chi connectivity index (χ3v) is 8.30. The number of allylic oxidation sites excluding steroid dienone is 1. The van der Waals surface area contributed by atoms with Crippen molar-refractivity contribution < 1.29 is 9.53 Å². The maximum atomic E-state index is 12.5. The Morgan fingerprint density at radius 2 is 1.75 bits per heavy atom. The van der Waals surface area contributed by atoms with Crippen molar-refractivity contribution in [1.29, 1.82) is 0 Å². The van der Waals surface area contributed by atoms with E-state index in [1.165, 1.54) is 22.5 Å². The number of pyridine rings is 1. The minimum atomic E-state index is 0.300. The number of hydrogen-bond acceptors (Lipinski definition) is 6. The van der Waals surface area contributed by atoms with Crippen LogP contribution in [0.2, 0.25) is 0 Å². The number of carbonyl (C=O) groups excluding carboxylic acids is 1. The molecule has 1 saturated carbocycles. The lowest BCUT2D eigenvalue weighted by atomic mass is 10.0. The maximum Gasteiger partial charge on any atom is 0.225 e. The lowest BCUT2D eigenvalue weighted by Gasteiger charge is -2.37. The third kappa shape index (κ3) is 4.45. The molecule has 3 fully saturated rings. The fourth-order valence-electron chi connectivity index (χ4n) is 5.88. The van der Waals surface area contributed by atoms with Crippen molar-refractivity contribution in [2.45, 2.75) is 26.2 Å². The number of carbonyl (C=O) groups is 1. The van der Waals surface area contributed by atoms with Crippen LogP contribution < -0.4 is 14.5 Å². The van der Waals surface area contributed by atoms with E-state index in [-0.39, 0.29) is 0 Å². The summed E-state index contributed by atoms with van der Waals surface area (Å²) in [5, 5.41) is 0. The predicted molar refractivity (Wildman–Crippen MR) is 145 cm³/mol. The first kappa shape index (κ1) is 23.3. The highest BCUT2D eigenvalue weighted by atomic mass is 16.5. The number of fused-ring (bicyclic) bond motifs is 1.